The molecule has 0 amide bonds. The minimum absolute atomic E-state index is 0.0431. The summed E-state index contributed by atoms with van der Waals surface area (Å²) >= 11 is 3.30. The lowest BCUT2D eigenvalue weighted by molar-refractivity contribution is -0.385. The molecular weight excluding hydrogens is 384 g/mol. The Morgan fingerprint density at radius 3 is 2.52 bits per heavy atom. The monoisotopic (exact) mass is 396 g/mol. The quantitative estimate of drug-likeness (QED) is 0.423. The smallest absolute Gasteiger partial charge is 0.262 e. The van der Waals surface area contributed by atoms with Gasteiger partial charge in [0.15, 0.2) is 0 Å². The summed E-state index contributed by atoms with van der Waals surface area (Å²) in [6.45, 7) is 3.62. The molecule has 0 fully saturated rings. The Hall–Kier alpha value is -2.19. The molecule has 0 aromatic heterocycles. The molecule has 2 aromatic carbocycles. The number of anilines is 1. The van der Waals surface area contributed by atoms with Gasteiger partial charge in [-0.05, 0) is 24.3 Å². The number of nitrogens with zero attached hydrogens (tertiary/aromatic N) is 2. The number of hydrogen-bond donors (Lipinski definition) is 0. The summed E-state index contributed by atoms with van der Waals surface area (Å²) in [5.41, 5.74) is 0.157. The molecule has 6 nitrogen and oxygen atoms in total. The van der Waals surface area contributed by atoms with Gasteiger partial charge in [0, 0.05) is 16.6 Å². The van der Waals surface area contributed by atoms with Crippen molar-refractivity contribution in [1.29, 1.82) is 0 Å². The van der Waals surface area contributed by atoms with Gasteiger partial charge in [0.1, 0.15) is 0 Å². The van der Waals surface area contributed by atoms with Gasteiger partial charge in [0.25, 0.3) is 15.7 Å². The third-order valence-electron chi connectivity index (χ3n) is 3.01. The second kappa shape index (κ2) is 6.93. The second-order valence-electron chi connectivity index (χ2n) is 4.56. The van der Waals surface area contributed by atoms with Gasteiger partial charge >= 0.3 is 0 Å². The fourth-order valence-electron chi connectivity index (χ4n) is 1.98. The van der Waals surface area contributed by atoms with Gasteiger partial charge in [-0.15, -0.1) is 6.58 Å². The predicted molar refractivity (Wildman–Crippen MR) is 92.0 cm³/mol. The molecule has 0 heterocycles. The summed E-state index contributed by atoms with van der Waals surface area (Å²) in [6, 6.07) is 11.7. The standard InChI is InChI=1S/C15H13BrN2O4S/c1-2-9-17(13-6-3-5-12(16)10-13)23(21,22)15-8-4-7-14(11-15)18(19)20/h2-8,10-11H,1,9H2. The molecule has 0 radical (unpaired) electrons. The van der Waals surface area contributed by atoms with Gasteiger partial charge in [0.05, 0.1) is 22.1 Å². The highest BCUT2D eigenvalue weighted by Gasteiger charge is 2.25. The first-order valence-electron chi connectivity index (χ1n) is 6.50. The van der Waals surface area contributed by atoms with E-state index in [-0.39, 0.29) is 17.1 Å². The maximum absolute atomic E-state index is 12.8. The second-order valence-corrected chi connectivity index (χ2v) is 7.34. The number of halogens is 1. The van der Waals surface area contributed by atoms with E-state index in [2.05, 4.69) is 22.5 Å². The van der Waals surface area contributed by atoms with Crippen molar-refractivity contribution in [2.75, 3.05) is 10.8 Å². The van der Waals surface area contributed by atoms with Crippen LogP contribution in [-0.2, 0) is 10.0 Å². The van der Waals surface area contributed by atoms with Crippen molar-refractivity contribution >= 4 is 37.3 Å². The molecule has 23 heavy (non-hydrogen) atoms. The van der Waals surface area contributed by atoms with E-state index in [1.807, 2.05) is 0 Å². The normalized spacial score (nSPS) is 11.0. The summed E-state index contributed by atoms with van der Waals surface area (Å²) in [4.78, 5) is 10.1. The van der Waals surface area contributed by atoms with Crippen molar-refractivity contribution in [3.8, 4) is 0 Å². The van der Waals surface area contributed by atoms with Crippen LogP contribution in [0.1, 0.15) is 0 Å². The SMILES string of the molecule is C=CCN(c1cccc(Br)c1)S(=O)(=O)c1cccc([N+](=O)[O-])c1. The Balaban J connectivity index is 2.55. The van der Waals surface area contributed by atoms with Crippen LogP contribution in [0.15, 0.2) is 70.6 Å². The largest absolute Gasteiger partial charge is 0.270 e. The fourth-order valence-corrected chi connectivity index (χ4v) is 3.83. The number of sulfonamides is 1. The molecule has 0 saturated carbocycles. The van der Waals surface area contributed by atoms with E-state index in [1.54, 1.807) is 24.3 Å². The number of nitro groups is 1. The number of rotatable bonds is 6. The molecule has 0 spiro atoms. The predicted octanol–water partition coefficient (Wildman–Crippen LogP) is 3.74. The Morgan fingerprint density at radius 1 is 1.22 bits per heavy atom. The lowest BCUT2D eigenvalue weighted by Gasteiger charge is -2.23. The third-order valence-corrected chi connectivity index (χ3v) is 5.29. The van der Waals surface area contributed by atoms with Crippen LogP contribution in [0.4, 0.5) is 11.4 Å². The molecule has 0 aliphatic rings. The molecule has 0 saturated heterocycles. The van der Waals surface area contributed by atoms with Gasteiger partial charge in [-0.2, -0.15) is 0 Å². The summed E-state index contributed by atoms with van der Waals surface area (Å²) in [5, 5.41) is 10.9. The molecule has 0 aliphatic heterocycles. The highest BCUT2D eigenvalue weighted by molar-refractivity contribution is 9.10. The summed E-state index contributed by atoms with van der Waals surface area (Å²) < 4.78 is 27.6. The average Bonchev–Trinajstić information content (AvgIpc) is 2.52. The maximum Gasteiger partial charge on any atom is 0.270 e. The molecular formula is C15H13BrN2O4S. The zero-order valence-corrected chi connectivity index (χ0v) is 14.3. The van der Waals surface area contributed by atoms with E-state index in [0.717, 1.165) is 14.8 Å². The highest BCUT2D eigenvalue weighted by Crippen LogP contribution is 2.27. The first-order chi connectivity index (χ1) is 10.9. The van der Waals surface area contributed by atoms with Crippen LogP contribution in [0, 0.1) is 10.1 Å². The van der Waals surface area contributed by atoms with E-state index in [0.29, 0.717) is 5.69 Å². The number of benzene rings is 2. The highest BCUT2D eigenvalue weighted by atomic mass is 79.9. The van der Waals surface area contributed by atoms with Crippen LogP contribution < -0.4 is 4.31 Å². The fraction of sp³-hybridized carbons (Fsp3) is 0.0667. The number of hydrogen-bond acceptors (Lipinski definition) is 4. The van der Waals surface area contributed by atoms with Crippen LogP contribution in [0.3, 0.4) is 0 Å². The van der Waals surface area contributed by atoms with E-state index in [1.165, 1.54) is 24.3 Å². The lowest BCUT2D eigenvalue weighted by Crippen LogP contribution is -2.31. The average molecular weight is 397 g/mol. The summed E-state index contributed by atoms with van der Waals surface area (Å²) in [7, 11) is -3.95. The summed E-state index contributed by atoms with van der Waals surface area (Å²) in [5.74, 6) is 0. The molecule has 0 atom stereocenters. The van der Waals surface area contributed by atoms with Crippen LogP contribution in [0.5, 0.6) is 0 Å². The van der Waals surface area contributed by atoms with Crippen molar-refractivity contribution in [3.63, 3.8) is 0 Å². The molecule has 0 unspecified atom stereocenters. The van der Waals surface area contributed by atoms with Crippen molar-refractivity contribution < 1.29 is 13.3 Å². The molecule has 8 heteroatoms. The van der Waals surface area contributed by atoms with Crippen LogP contribution >= 0.6 is 15.9 Å². The topological polar surface area (TPSA) is 80.5 Å². The van der Waals surface area contributed by atoms with Gasteiger partial charge in [-0.3, -0.25) is 14.4 Å². The Morgan fingerprint density at radius 2 is 1.91 bits per heavy atom. The van der Waals surface area contributed by atoms with E-state index in [9.17, 15) is 18.5 Å². The first kappa shape index (κ1) is 17.2. The number of non-ortho nitro benzene ring substituents is 1. The van der Waals surface area contributed by atoms with Crippen molar-refractivity contribution in [3.05, 3.63) is 75.8 Å². The minimum Gasteiger partial charge on any atom is -0.262 e. The van der Waals surface area contributed by atoms with Crippen LogP contribution in [-0.4, -0.2) is 19.9 Å². The van der Waals surface area contributed by atoms with E-state index >= 15 is 0 Å². The van der Waals surface area contributed by atoms with E-state index < -0.39 is 14.9 Å². The number of nitro benzene ring substituents is 1. The zero-order valence-electron chi connectivity index (χ0n) is 11.9. The third kappa shape index (κ3) is 3.77. The van der Waals surface area contributed by atoms with Crippen molar-refractivity contribution in [1.82, 2.24) is 0 Å². The van der Waals surface area contributed by atoms with Gasteiger partial charge < -0.3 is 0 Å². The minimum atomic E-state index is -3.95. The van der Waals surface area contributed by atoms with Gasteiger partial charge in [-0.25, -0.2) is 8.42 Å². The van der Waals surface area contributed by atoms with Crippen molar-refractivity contribution in [2.24, 2.45) is 0 Å². The van der Waals surface area contributed by atoms with Crippen LogP contribution in [0.2, 0.25) is 0 Å². The Bertz CT molecular complexity index is 852. The summed E-state index contributed by atoms with van der Waals surface area (Å²) in [6.07, 6.45) is 1.45. The van der Waals surface area contributed by atoms with Crippen molar-refractivity contribution in [2.45, 2.75) is 4.90 Å². The molecule has 0 aliphatic carbocycles. The van der Waals surface area contributed by atoms with E-state index in [4.69, 9.17) is 0 Å². The Labute approximate surface area is 142 Å². The lowest BCUT2D eigenvalue weighted by atomic mass is 10.3. The molecule has 0 N–H and O–H groups in total. The van der Waals surface area contributed by atoms with Crippen LogP contribution in [0.25, 0.3) is 0 Å². The Kier molecular flexibility index (Phi) is 5.17. The molecule has 120 valence electrons. The van der Waals surface area contributed by atoms with Gasteiger partial charge in [-0.1, -0.05) is 34.1 Å². The molecule has 2 rings (SSSR count). The van der Waals surface area contributed by atoms with Gasteiger partial charge in [0.2, 0.25) is 0 Å². The molecule has 0 bridgehead atoms. The maximum atomic E-state index is 12.8. The first-order valence-corrected chi connectivity index (χ1v) is 8.73. The molecule has 2 aromatic rings. The zero-order chi connectivity index (χ0) is 17.0.